The number of aromatic nitrogens is 2. The van der Waals surface area contributed by atoms with Gasteiger partial charge in [0.1, 0.15) is 5.69 Å². The normalized spacial score (nSPS) is 19.8. The number of carbonyl (C=O) groups excluding carboxylic acids is 1. The third kappa shape index (κ3) is 2.77. The molecular formula is C10H13N3O5. The number of amides is 1. The van der Waals surface area contributed by atoms with Gasteiger partial charge in [-0.05, 0) is 0 Å². The third-order valence-electron chi connectivity index (χ3n) is 2.65. The second-order valence-electron chi connectivity index (χ2n) is 4.00. The van der Waals surface area contributed by atoms with Crippen LogP contribution in [-0.2, 0) is 9.53 Å². The second kappa shape index (κ2) is 5.05. The minimum absolute atomic E-state index is 0.145. The molecule has 0 aromatic carbocycles. The number of ether oxygens (including phenoxy) is 1. The van der Waals surface area contributed by atoms with E-state index in [1.807, 2.05) is 0 Å². The van der Waals surface area contributed by atoms with Crippen LogP contribution in [0.1, 0.15) is 16.9 Å². The summed E-state index contributed by atoms with van der Waals surface area (Å²) in [5, 5.41) is 8.68. The van der Waals surface area contributed by atoms with Crippen LogP contribution in [0, 0.1) is 0 Å². The molecule has 3 N–H and O–H groups in total. The smallest absolute Gasteiger partial charge is 0.323 e. The monoisotopic (exact) mass is 255 g/mol. The predicted octanol–water partition coefficient (Wildman–Crippen LogP) is -0.981. The van der Waals surface area contributed by atoms with E-state index >= 15 is 0 Å². The maximum absolute atomic E-state index is 12.0. The maximum Gasteiger partial charge on any atom is 0.323 e. The van der Waals surface area contributed by atoms with E-state index in [-0.39, 0.29) is 24.6 Å². The van der Waals surface area contributed by atoms with Crippen LogP contribution in [0.5, 0.6) is 0 Å². The van der Waals surface area contributed by atoms with Crippen molar-refractivity contribution in [2.45, 2.75) is 12.5 Å². The number of carboxylic acids is 1. The van der Waals surface area contributed by atoms with Gasteiger partial charge in [0.15, 0.2) is 0 Å². The van der Waals surface area contributed by atoms with Gasteiger partial charge in [0, 0.05) is 19.3 Å². The van der Waals surface area contributed by atoms with E-state index in [4.69, 9.17) is 9.84 Å². The summed E-state index contributed by atoms with van der Waals surface area (Å²) >= 11 is 0. The number of carboxylic acid groups (broad SMARTS) is 1. The van der Waals surface area contributed by atoms with E-state index < -0.39 is 17.8 Å². The highest BCUT2D eigenvalue weighted by Crippen LogP contribution is 2.11. The fourth-order valence-corrected chi connectivity index (χ4v) is 1.84. The van der Waals surface area contributed by atoms with Crippen LogP contribution in [0.25, 0.3) is 0 Å². The molecule has 1 aromatic heterocycles. The summed E-state index contributed by atoms with van der Waals surface area (Å²) in [6.45, 7) is 0.874. The van der Waals surface area contributed by atoms with Gasteiger partial charge in [-0.15, -0.1) is 0 Å². The van der Waals surface area contributed by atoms with E-state index in [9.17, 15) is 14.4 Å². The van der Waals surface area contributed by atoms with Crippen LogP contribution in [0.15, 0.2) is 11.0 Å². The molecule has 1 aromatic rings. The van der Waals surface area contributed by atoms with Gasteiger partial charge >= 0.3 is 11.7 Å². The second-order valence-corrected chi connectivity index (χ2v) is 4.00. The summed E-state index contributed by atoms with van der Waals surface area (Å²) in [6, 6.07) is 0. The number of nitrogens with zero attached hydrogens (tertiary/aromatic N) is 1. The van der Waals surface area contributed by atoms with Crippen LogP contribution in [0.4, 0.5) is 0 Å². The molecule has 1 saturated heterocycles. The molecule has 0 spiro atoms. The van der Waals surface area contributed by atoms with E-state index in [0.717, 1.165) is 0 Å². The minimum Gasteiger partial charge on any atom is -0.481 e. The third-order valence-corrected chi connectivity index (χ3v) is 2.65. The van der Waals surface area contributed by atoms with Gasteiger partial charge in [0.25, 0.3) is 5.91 Å². The van der Waals surface area contributed by atoms with Crippen LogP contribution in [0.3, 0.4) is 0 Å². The Labute approximate surface area is 102 Å². The van der Waals surface area contributed by atoms with Gasteiger partial charge in [-0.3, -0.25) is 9.59 Å². The van der Waals surface area contributed by atoms with Crippen molar-refractivity contribution in [1.82, 2.24) is 14.9 Å². The number of rotatable bonds is 3. The molecule has 8 nitrogen and oxygen atoms in total. The standard InChI is InChI=1S/C10H13N3O5/c14-8(15)3-6-5-13(1-2-18-6)9(16)7-4-11-10(17)12-7/h4,6H,1-3,5H2,(H,14,15)(H2,11,12,17). The zero-order valence-corrected chi connectivity index (χ0v) is 9.51. The van der Waals surface area contributed by atoms with Crippen molar-refractivity contribution in [3.63, 3.8) is 0 Å². The molecule has 8 heteroatoms. The van der Waals surface area contributed by atoms with Gasteiger partial charge in [-0.1, -0.05) is 0 Å². The van der Waals surface area contributed by atoms with Crippen molar-refractivity contribution in [2.75, 3.05) is 19.7 Å². The molecule has 1 aliphatic rings. The Morgan fingerprint density at radius 3 is 2.94 bits per heavy atom. The number of aromatic amines is 2. The van der Waals surface area contributed by atoms with Crippen LogP contribution < -0.4 is 5.69 Å². The van der Waals surface area contributed by atoms with Gasteiger partial charge < -0.3 is 24.7 Å². The quantitative estimate of drug-likeness (QED) is 0.642. The molecule has 0 aliphatic carbocycles. The number of aliphatic carboxylic acids is 1. The average Bonchev–Trinajstić information content (AvgIpc) is 2.74. The number of morpholine rings is 1. The Morgan fingerprint density at radius 1 is 1.56 bits per heavy atom. The molecule has 98 valence electrons. The minimum atomic E-state index is -0.968. The summed E-state index contributed by atoms with van der Waals surface area (Å²) in [6.07, 6.45) is 0.644. The predicted molar refractivity (Wildman–Crippen MR) is 59.3 cm³/mol. The van der Waals surface area contributed by atoms with E-state index in [2.05, 4.69) is 9.97 Å². The SMILES string of the molecule is O=C(O)CC1CN(C(=O)c2c[nH]c(=O)[nH]2)CCO1. The summed E-state index contributed by atoms with van der Waals surface area (Å²) < 4.78 is 5.26. The highest BCUT2D eigenvalue weighted by Gasteiger charge is 2.27. The van der Waals surface area contributed by atoms with Crippen molar-refractivity contribution in [1.29, 1.82) is 0 Å². The molecule has 2 heterocycles. The van der Waals surface area contributed by atoms with Crippen LogP contribution >= 0.6 is 0 Å². The lowest BCUT2D eigenvalue weighted by atomic mass is 10.2. The fraction of sp³-hybridized carbons (Fsp3) is 0.500. The summed E-state index contributed by atoms with van der Waals surface area (Å²) in [5.74, 6) is -1.31. The molecule has 0 bridgehead atoms. The Hall–Kier alpha value is -2.09. The molecular weight excluding hydrogens is 242 g/mol. The van der Waals surface area contributed by atoms with Crippen molar-refractivity contribution in [3.8, 4) is 0 Å². The summed E-state index contributed by atoms with van der Waals surface area (Å²) in [7, 11) is 0. The number of carbonyl (C=O) groups is 2. The number of imidazole rings is 1. The first kappa shape index (κ1) is 12.4. The molecule has 0 radical (unpaired) electrons. The zero-order chi connectivity index (χ0) is 13.1. The van der Waals surface area contributed by atoms with Crippen molar-refractivity contribution in [3.05, 3.63) is 22.4 Å². The molecule has 1 amide bonds. The Bertz CT molecular complexity index is 506. The molecule has 1 atom stereocenters. The van der Waals surface area contributed by atoms with Gasteiger partial charge in [-0.2, -0.15) is 0 Å². The molecule has 18 heavy (non-hydrogen) atoms. The molecule has 1 aliphatic heterocycles. The Balaban J connectivity index is 2.02. The summed E-state index contributed by atoms with van der Waals surface area (Å²) in [4.78, 5) is 39.6. The topological polar surface area (TPSA) is 115 Å². The lowest BCUT2D eigenvalue weighted by Gasteiger charge is -2.31. The highest BCUT2D eigenvalue weighted by molar-refractivity contribution is 5.92. The van der Waals surface area contributed by atoms with E-state index in [1.165, 1.54) is 11.1 Å². The maximum atomic E-state index is 12.0. The first-order chi connectivity index (χ1) is 8.56. The number of hydrogen-bond acceptors (Lipinski definition) is 4. The molecule has 2 rings (SSSR count). The number of hydrogen-bond donors (Lipinski definition) is 3. The number of nitrogens with one attached hydrogen (secondary N) is 2. The zero-order valence-electron chi connectivity index (χ0n) is 9.51. The van der Waals surface area contributed by atoms with Crippen molar-refractivity contribution in [2.24, 2.45) is 0 Å². The van der Waals surface area contributed by atoms with Crippen LogP contribution in [-0.4, -0.2) is 57.7 Å². The van der Waals surface area contributed by atoms with Crippen molar-refractivity contribution < 1.29 is 19.4 Å². The van der Waals surface area contributed by atoms with Crippen LogP contribution in [0.2, 0.25) is 0 Å². The lowest BCUT2D eigenvalue weighted by Crippen LogP contribution is -2.46. The average molecular weight is 255 g/mol. The van der Waals surface area contributed by atoms with Gasteiger partial charge in [0.2, 0.25) is 0 Å². The molecule has 0 saturated carbocycles. The largest absolute Gasteiger partial charge is 0.481 e. The van der Waals surface area contributed by atoms with Gasteiger partial charge in [0.05, 0.1) is 19.1 Å². The number of H-pyrrole nitrogens is 2. The summed E-state index contributed by atoms with van der Waals surface area (Å²) in [5.41, 5.74) is -0.287. The molecule has 1 unspecified atom stereocenters. The molecule has 1 fully saturated rings. The fourth-order valence-electron chi connectivity index (χ4n) is 1.84. The van der Waals surface area contributed by atoms with E-state index in [1.54, 1.807) is 0 Å². The van der Waals surface area contributed by atoms with E-state index in [0.29, 0.717) is 13.2 Å². The Morgan fingerprint density at radius 2 is 2.33 bits per heavy atom. The van der Waals surface area contributed by atoms with Crippen molar-refractivity contribution >= 4 is 11.9 Å². The Kier molecular flexibility index (Phi) is 3.47. The lowest BCUT2D eigenvalue weighted by molar-refractivity contribution is -0.141. The highest BCUT2D eigenvalue weighted by atomic mass is 16.5. The van der Waals surface area contributed by atoms with Gasteiger partial charge in [-0.25, -0.2) is 4.79 Å². The first-order valence-electron chi connectivity index (χ1n) is 5.46. The first-order valence-corrected chi connectivity index (χ1v) is 5.46.